The largest absolute Gasteiger partial charge is 0.491 e. The Morgan fingerprint density at radius 3 is 2.71 bits per heavy atom. The minimum atomic E-state index is -3.76. The molecule has 1 heterocycles. The first kappa shape index (κ1) is 20.7. The van der Waals surface area contributed by atoms with Crippen molar-refractivity contribution in [1.82, 2.24) is 9.62 Å². The Labute approximate surface area is 165 Å². The first-order valence-corrected chi connectivity index (χ1v) is 10.7. The van der Waals surface area contributed by atoms with Crippen molar-refractivity contribution in [2.45, 2.75) is 30.8 Å². The van der Waals surface area contributed by atoms with Gasteiger partial charge in [-0.25, -0.2) is 17.5 Å². The molecule has 1 atom stereocenters. The highest BCUT2D eigenvalue weighted by molar-refractivity contribution is 7.89. The normalized spacial score (nSPS) is 17.8. The number of sulfonamides is 1. The summed E-state index contributed by atoms with van der Waals surface area (Å²) in [5.41, 5.74) is 1.62. The molecule has 0 spiro atoms. The van der Waals surface area contributed by atoms with Crippen molar-refractivity contribution in [3.8, 4) is 5.75 Å². The summed E-state index contributed by atoms with van der Waals surface area (Å²) in [6.45, 7) is 3.97. The molecule has 1 saturated heterocycles. The number of aliphatic hydroxyl groups is 1. The Balaban J connectivity index is 1.57. The van der Waals surface area contributed by atoms with Crippen LogP contribution in [0.25, 0.3) is 0 Å². The van der Waals surface area contributed by atoms with E-state index in [0.717, 1.165) is 18.2 Å². The molecule has 0 radical (unpaired) electrons. The third-order valence-electron chi connectivity index (χ3n) is 4.72. The maximum Gasteiger partial charge on any atom is 0.241 e. The SMILES string of the molecule is Cc1ccc(F)cc1S(=O)(=O)N[C@H]1CCN(Cc2ccc(OCCO)cc2)C1. The van der Waals surface area contributed by atoms with E-state index in [1.807, 2.05) is 24.3 Å². The van der Waals surface area contributed by atoms with Gasteiger partial charge in [-0.15, -0.1) is 0 Å². The fraction of sp³-hybridized carbons (Fsp3) is 0.400. The predicted molar refractivity (Wildman–Crippen MR) is 104 cm³/mol. The molecule has 2 aromatic carbocycles. The summed E-state index contributed by atoms with van der Waals surface area (Å²) in [7, 11) is -3.76. The fourth-order valence-corrected chi connectivity index (χ4v) is 4.85. The van der Waals surface area contributed by atoms with Gasteiger partial charge in [0.25, 0.3) is 0 Å². The Bertz CT molecular complexity index is 903. The zero-order chi connectivity index (χ0) is 20.1. The van der Waals surface area contributed by atoms with Crippen LogP contribution in [-0.2, 0) is 16.6 Å². The van der Waals surface area contributed by atoms with E-state index in [9.17, 15) is 12.8 Å². The fourth-order valence-electron chi connectivity index (χ4n) is 3.33. The van der Waals surface area contributed by atoms with E-state index in [-0.39, 0.29) is 24.2 Å². The molecule has 8 heteroatoms. The number of rotatable bonds is 8. The van der Waals surface area contributed by atoms with Crippen LogP contribution < -0.4 is 9.46 Å². The highest BCUT2D eigenvalue weighted by Gasteiger charge is 2.28. The molecule has 0 unspecified atom stereocenters. The van der Waals surface area contributed by atoms with Crippen LogP contribution in [-0.4, -0.2) is 50.8 Å². The van der Waals surface area contributed by atoms with Gasteiger partial charge in [-0.2, -0.15) is 0 Å². The number of nitrogens with one attached hydrogen (secondary N) is 1. The lowest BCUT2D eigenvalue weighted by Crippen LogP contribution is -2.37. The average molecular weight is 408 g/mol. The van der Waals surface area contributed by atoms with Crippen molar-refractivity contribution in [3.05, 3.63) is 59.4 Å². The Morgan fingerprint density at radius 1 is 1.25 bits per heavy atom. The van der Waals surface area contributed by atoms with Crippen LogP contribution in [0.3, 0.4) is 0 Å². The van der Waals surface area contributed by atoms with E-state index in [1.165, 1.54) is 12.1 Å². The number of ether oxygens (including phenoxy) is 1. The minimum Gasteiger partial charge on any atom is -0.491 e. The number of aryl methyl sites for hydroxylation is 1. The second kappa shape index (κ2) is 9.00. The van der Waals surface area contributed by atoms with Gasteiger partial charge in [0.05, 0.1) is 11.5 Å². The molecular weight excluding hydrogens is 383 g/mol. The maximum atomic E-state index is 13.5. The third-order valence-corrected chi connectivity index (χ3v) is 6.39. The molecule has 28 heavy (non-hydrogen) atoms. The summed E-state index contributed by atoms with van der Waals surface area (Å²) in [5.74, 6) is 0.140. The quantitative estimate of drug-likeness (QED) is 0.699. The number of hydrogen-bond donors (Lipinski definition) is 2. The number of nitrogens with zero attached hydrogens (tertiary/aromatic N) is 1. The topological polar surface area (TPSA) is 78.9 Å². The second-order valence-corrected chi connectivity index (χ2v) is 8.65. The van der Waals surface area contributed by atoms with Crippen LogP contribution in [0.5, 0.6) is 5.75 Å². The van der Waals surface area contributed by atoms with Crippen LogP contribution in [0.15, 0.2) is 47.4 Å². The number of halogens is 1. The standard InChI is InChI=1S/C20H25FN2O4S/c1-15-2-5-17(21)12-20(15)28(25,26)22-18-8-9-23(14-18)13-16-3-6-19(7-4-16)27-11-10-24/h2-7,12,18,22,24H,8-11,13-14H2,1H3/t18-/m0/s1. The van der Waals surface area contributed by atoms with Crippen LogP contribution in [0.4, 0.5) is 4.39 Å². The summed E-state index contributed by atoms with van der Waals surface area (Å²) in [6.07, 6.45) is 0.700. The van der Waals surface area contributed by atoms with Crippen molar-refractivity contribution in [1.29, 1.82) is 0 Å². The smallest absolute Gasteiger partial charge is 0.241 e. The van der Waals surface area contributed by atoms with Gasteiger partial charge in [-0.1, -0.05) is 18.2 Å². The molecule has 0 amide bonds. The lowest BCUT2D eigenvalue weighted by Gasteiger charge is -2.17. The molecule has 2 N–H and O–H groups in total. The van der Waals surface area contributed by atoms with E-state index in [0.29, 0.717) is 30.8 Å². The highest BCUT2D eigenvalue weighted by Crippen LogP contribution is 2.20. The van der Waals surface area contributed by atoms with Gasteiger partial charge in [-0.05, 0) is 48.7 Å². The predicted octanol–water partition coefficient (Wildman–Crippen LogP) is 2.06. The third kappa shape index (κ3) is 5.29. The Hall–Kier alpha value is -2.00. The summed E-state index contributed by atoms with van der Waals surface area (Å²) in [5, 5.41) is 8.78. The molecule has 1 aliphatic heterocycles. The zero-order valence-corrected chi connectivity index (χ0v) is 16.6. The molecular formula is C20H25FN2O4S. The Morgan fingerprint density at radius 2 is 2.00 bits per heavy atom. The second-order valence-electron chi connectivity index (χ2n) is 6.97. The Kier molecular flexibility index (Phi) is 6.66. The van der Waals surface area contributed by atoms with E-state index < -0.39 is 15.8 Å². The maximum absolute atomic E-state index is 13.5. The zero-order valence-electron chi connectivity index (χ0n) is 15.8. The van der Waals surface area contributed by atoms with Crippen LogP contribution in [0.2, 0.25) is 0 Å². The van der Waals surface area contributed by atoms with Crippen LogP contribution in [0.1, 0.15) is 17.5 Å². The van der Waals surface area contributed by atoms with Crippen molar-refractivity contribution >= 4 is 10.0 Å². The summed E-state index contributed by atoms with van der Waals surface area (Å²) in [6, 6.07) is 11.2. The molecule has 0 bridgehead atoms. The van der Waals surface area contributed by atoms with Gasteiger partial charge >= 0.3 is 0 Å². The van der Waals surface area contributed by atoms with Gasteiger partial charge in [0.1, 0.15) is 18.2 Å². The lowest BCUT2D eigenvalue weighted by molar-refractivity contribution is 0.201. The number of hydrogen-bond acceptors (Lipinski definition) is 5. The molecule has 152 valence electrons. The van der Waals surface area contributed by atoms with Gasteiger partial charge < -0.3 is 9.84 Å². The first-order chi connectivity index (χ1) is 13.4. The molecule has 1 fully saturated rings. The molecule has 0 aliphatic carbocycles. The summed E-state index contributed by atoms with van der Waals surface area (Å²) >= 11 is 0. The summed E-state index contributed by atoms with van der Waals surface area (Å²) < 4.78 is 46.8. The van der Waals surface area contributed by atoms with Crippen molar-refractivity contribution < 1.29 is 22.7 Å². The molecule has 1 aliphatic rings. The molecule has 6 nitrogen and oxygen atoms in total. The van der Waals surface area contributed by atoms with Crippen molar-refractivity contribution in [3.63, 3.8) is 0 Å². The first-order valence-electron chi connectivity index (χ1n) is 9.21. The van der Waals surface area contributed by atoms with Crippen LogP contribution in [0, 0.1) is 12.7 Å². The lowest BCUT2D eigenvalue weighted by atomic mass is 10.2. The molecule has 3 rings (SSSR count). The van der Waals surface area contributed by atoms with Crippen molar-refractivity contribution in [2.24, 2.45) is 0 Å². The molecule has 0 aromatic heterocycles. The van der Waals surface area contributed by atoms with Gasteiger partial charge in [-0.3, -0.25) is 4.90 Å². The van der Waals surface area contributed by atoms with Crippen LogP contribution >= 0.6 is 0 Å². The number of aliphatic hydroxyl groups excluding tert-OH is 1. The van der Waals surface area contributed by atoms with E-state index >= 15 is 0 Å². The molecule has 0 saturated carbocycles. The highest BCUT2D eigenvalue weighted by atomic mass is 32.2. The molecule has 2 aromatic rings. The van der Waals surface area contributed by atoms with E-state index in [2.05, 4.69) is 9.62 Å². The number of likely N-dealkylation sites (tertiary alicyclic amines) is 1. The van der Waals surface area contributed by atoms with E-state index in [1.54, 1.807) is 6.92 Å². The van der Waals surface area contributed by atoms with E-state index in [4.69, 9.17) is 9.84 Å². The van der Waals surface area contributed by atoms with Crippen molar-refractivity contribution in [2.75, 3.05) is 26.3 Å². The number of benzene rings is 2. The average Bonchev–Trinajstić information content (AvgIpc) is 3.09. The van der Waals surface area contributed by atoms with Gasteiger partial charge in [0, 0.05) is 25.7 Å². The van der Waals surface area contributed by atoms with Gasteiger partial charge in [0.15, 0.2) is 0 Å². The minimum absolute atomic E-state index is 0.00980. The van der Waals surface area contributed by atoms with Gasteiger partial charge in [0.2, 0.25) is 10.0 Å². The monoisotopic (exact) mass is 408 g/mol. The summed E-state index contributed by atoms with van der Waals surface area (Å²) in [4.78, 5) is 2.17.